The van der Waals surface area contributed by atoms with Crippen LogP contribution in [0.3, 0.4) is 0 Å². The van der Waals surface area contributed by atoms with Crippen LogP contribution in [0.5, 0.6) is 0 Å². The molecule has 160 valence electrons. The molecule has 0 unspecified atom stereocenters. The van der Waals surface area contributed by atoms with Gasteiger partial charge in [0.05, 0.1) is 16.5 Å². The second-order valence-electron chi connectivity index (χ2n) is 7.89. The number of nitrogens with zero attached hydrogens (tertiary/aromatic N) is 2. The van der Waals surface area contributed by atoms with Crippen molar-refractivity contribution in [3.05, 3.63) is 75.8 Å². The molecule has 2 heterocycles. The van der Waals surface area contributed by atoms with Crippen molar-refractivity contribution in [2.24, 2.45) is 0 Å². The van der Waals surface area contributed by atoms with Gasteiger partial charge in [0.1, 0.15) is 5.82 Å². The van der Waals surface area contributed by atoms with Crippen LogP contribution in [0.25, 0.3) is 10.9 Å². The number of fused-ring (bicyclic) bond motifs is 2. The molecule has 0 radical (unpaired) electrons. The van der Waals surface area contributed by atoms with Crippen molar-refractivity contribution >= 4 is 22.8 Å². The molecule has 1 aliphatic rings. The van der Waals surface area contributed by atoms with E-state index in [0.29, 0.717) is 17.4 Å². The van der Waals surface area contributed by atoms with Crippen LogP contribution in [0, 0.1) is 0 Å². The number of carbonyl (C=O) groups is 2. The highest BCUT2D eigenvalue weighted by molar-refractivity contribution is 5.95. The van der Waals surface area contributed by atoms with Crippen LogP contribution in [0.2, 0.25) is 0 Å². The van der Waals surface area contributed by atoms with Gasteiger partial charge in [-0.2, -0.15) is 0 Å². The standard InChI is InChI=1S/C24H25N3O4/c1-16(9-10-17-6-3-2-4-7-17)25-22(28)15-31-24(30)18-11-12-19-20(14-18)26-21-8-5-13-27(21)23(19)29/h2-4,6-7,11-12,14,16H,5,8-10,13,15H2,1H3,(H,25,28)/t16-/m0/s1. The van der Waals surface area contributed by atoms with E-state index in [1.165, 1.54) is 11.6 Å². The smallest absolute Gasteiger partial charge is 0.338 e. The van der Waals surface area contributed by atoms with Crippen LogP contribution < -0.4 is 10.9 Å². The van der Waals surface area contributed by atoms with E-state index in [2.05, 4.69) is 22.4 Å². The van der Waals surface area contributed by atoms with E-state index in [9.17, 15) is 14.4 Å². The minimum absolute atomic E-state index is 0.0358. The topological polar surface area (TPSA) is 90.3 Å². The normalized spacial score (nSPS) is 13.6. The summed E-state index contributed by atoms with van der Waals surface area (Å²) in [6.07, 6.45) is 3.30. The third-order valence-electron chi connectivity index (χ3n) is 5.50. The van der Waals surface area contributed by atoms with Crippen LogP contribution in [0.1, 0.15) is 41.5 Å². The Labute approximate surface area is 180 Å². The van der Waals surface area contributed by atoms with Crippen molar-refractivity contribution in [1.29, 1.82) is 0 Å². The lowest BCUT2D eigenvalue weighted by atomic mass is 10.1. The number of amides is 1. The summed E-state index contributed by atoms with van der Waals surface area (Å²) < 4.78 is 6.85. The van der Waals surface area contributed by atoms with Gasteiger partial charge >= 0.3 is 5.97 Å². The molecular formula is C24H25N3O4. The van der Waals surface area contributed by atoms with E-state index >= 15 is 0 Å². The monoisotopic (exact) mass is 419 g/mol. The van der Waals surface area contributed by atoms with Gasteiger partial charge in [-0.1, -0.05) is 30.3 Å². The highest BCUT2D eigenvalue weighted by atomic mass is 16.5. The van der Waals surface area contributed by atoms with E-state index in [4.69, 9.17) is 4.74 Å². The van der Waals surface area contributed by atoms with Crippen LogP contribution in [-0.4, -0.2) is 34.1 Å². The molecule has 2 aromatic carbocycles. The van der Waals surface area contributed by atoms with Crippen molar-refractivity contribution in [1.82, 2.24) is 14.9 Å². The quantitative estimate of drug-likeness (QED) is 0.595. The highest BCUT2D eigenvalue weighted by Crippen LogP contribution is 2.16. The molecule has 1 amide bonds. The number of nitrogens with one attached hydrogen (secondary N) is 1. The van der Waals surface area contributed by atoms with Gasteiger partial charge in [-0.05, 0) is 49.9 Å². The third-order valence-corrected chi connectivity index (χ3v) is 5.50. The minimum Gasteiger partial charge on any atom is -0.452 e. The first-order valence-corrected chi connectivity index (χ1v) is 10.5. The number of aromatic nitrogens is 2. The lowest BCUT2D eigenvalue weighted by Gasteiger charge is -2.14. The van der Waals surface area contributed by atoms with Gasteiger partial charge in [-0.25, -0.2) is 9.78 Å². The van der Waals surface area contributed by atoms with Gasteiger partial charge in [0.15, 0.2) is 6.61 Å². The maximum absolute atomic E-state index is 12.5. The fourth-order valence-corrected chi connectivity index (χ4v) is 3.84. The maximum Gasteiger partial charge on any atom is 0.338 e. The van der Waals surface area contributed by atoms with Gasteiger partial charge in [0, 0.05) is 19.0 Å². The summed E-state index contributed by atoms with van der Waals surface area (Å²) in [4.78, 5) is 41.6. The number of benzene rings is 2. The molecule has 1 atom stereocenters. The molecule has 3 aromatic rings. The molecule has 0 saturated carbocycles. The highest BCUT2D eigenvalue weighted by Gasteiger charge is 2.18. The molecule has 1 aromatic heterocycles. The molecule has 0 saturated heterocycles. The zero-order valence-corrected chi connectivity index (χ0v) is 17.5. The second kappa shape index (κ2) is 9.12. The Balaban J connectivity index is 1.32. The van der Waals surface area contributed by atoms with Gasteiger partial charge in [-0.3, -0.25) is 14.2 Å². The van der Waals surface area contributed by atoms with Gasteiger partial charge in [0.25, 0.3) is 11.5 Å². The molecule has 0 bridgehead atoms. The molecule has 0 aliphatic carbocycles. The van der Waals surface area contributed by atoms with Gasteiger partial charge in [-0.15, -0.1) is 0 Å². The number of esters is 1. The lowest BCUT2D eigenvalue weighted by Crippen LogP contribution is -2.36. The average molecular weight is 419 g/mol. The van der Waals surface area contributed by atoms with Crippen LogP contribution in [0.4, 0.5) is 0 Å². The van der Waals surface area contributed by atoms with E-state index in [1.54, 1.807) is 16.7 Å². The number of aryl methyl sites for hydroxylation is 2. The van der Waals surface area contributed by atoms with Crippen LogP contribution in [0.15, 0.2) is 53.3 Å². The molecule has 31 heavy (non-hydrogen) atoms. The van der Waals surface area contributed by atoms with Crippen molar-refractivity contribution < 1.29 is 14.3 Å². The zero-order chi connectivity index (χ0) is 21.8. The first-order chi connectivity index (χ1) is 15.0. The summed E-state index contributed by atoms with van der Waals surface area (Å²) in [6, 6.07) is 14.7. The van der Waals surface area contributed by atoms with Gasteiger partial charge < -0.3 is 10.1 Å². The Bertz CT molecular complexity index is 1170. The zero-order valence-electron chi connectivity index (χ0n) is 17.5. The molecule has 1 aliphatic heterocycles. The Hall–Kier alpha value is -3.48. The number of hydrogen-bond acceptors (Lipinski definition) is 5. The summed E-state index contributed by atoms with van der Waals surface area (Å²) in [5.41, 5.74) is 1.88. The van der Waals surface area contributed by atoms with E-state index in [-0.39, 0.29) is 29.7 Å². The Morgan fingerprint density at radius 2 is 2.00 bits per heavy atom. The van der Waals surface area contributed by atoms with E-state index in [0.717, 1.165) is 31.5 Å². The molecule has 0 spiro atoms. The Kier molecular flexibility index (Phi) is 6.11. The first kappa shape index (κ1) is 20.8. The average Bonchev–Trinajstić information content (AvgIpc) is 3.25. The predicted octanol–water partition coefficient (Wildman–Crippen LogP) is 2.64. The number of hydrogen-bond donors (Lipinski definition) is 1. The fourth-order valence-electron chi connectivity index (χ4n) is 3.84. The largest absolute Gasteiger partial charge is 0.452 e. The predicted molar refractivity (Wildman–Crippen MR) is 117 cm³/mol. The second-order valence-corrected chi connectivity index (χ2v) is 7.89. The molecule has 1 N–H and O–H groups in total. The van der Waals surface area contributed by atoms with E-state index in [1.807, 2.05) is 25.1 Å². The summed E-state index contributed by atoms with van der Waals surface area (Å²) in [5, 5.41) is 3.33. The number of ether oxygens (including phenoxy) is 1. The first-order valence-electron chi connectivity index (χ1n) is 10.5. The third kappa shape index (κ3) is 4.82. The van der Waals surface area contributed by atoms with Crippen molar-refractivity contribution in [2.75, 3.05) is 6.61 Å². The van der Waals surface area contributed by atoms with Crippen LogP contribution >= 0.6 is 0 Å². The molecule has 0 fully saturated rings. The minimum atomic E-state index is -0.614. The molecule has 7 heteroatoms. The van der Waals surface area contributed by atoms with Crippen LogP contribution in [-0.2, 0) is 28.9 Å². The summed E-state index contributed by atoms with van der Waals surface area (Å²) in [6.45, 7) is 2.25. The fraction of sp³-hybridized carbons (Fsp3) is 0.333. The molecule has 4 rings (SSSR count). The van der Waals surface area contributed by atoms with Crippen molar-refractivity contribution in [3.63, 3.8) is 0 Å². The number of carbonyl (C=O) groups excluding carboxylic acids is 2. The molecule has 7 nitrogen and oxygen atoms in total. The Morgan fingerprint density at radius 3 is 2.81 bits per heavy atom. The Morgan fingerprint density at radius 1 is 1.19 bits per heavy atom. The van der Waals surface area contributed by atoms with Gasteiger partial charge in [0.2, 0.25) is 0 Å². The SMILES string of the molecule is C[C@@H](CCc1ccccc1)NC(=O)COC(=O)c1ccc2c(=O)n3c(nc2c1)CCC3. The maximum atomic E-state index is 12.5. The van der Waals surface area contributed by atoms with Crippen molar-refractivity contribution in [3.8, 4) is 0 Å². The summed E-state index contributed by atoms with van der Waals surface area (Å²) in [5.74, 6) is -0.216. The van der Waals surface area contributed by atoms with E-state index < -0.39 is 5.97 Å². The summed E-state index contributed by atoms with van der Waals surface area (Å²) >= 11 is 0. The number of rotatable bonds is 7. The van der Waals surface area contributed by atoms with Crippen molar-refractivity contribution in [2.45, 2.75) is 45.2 Å². The molecular weight excluding hydrogens is 394 g/mol. The lowest BCUT2D eigenvalue weighted by molar-refractivity contribution is -0.124. The summed E-state index contributed by atoms with van der Waals surface area (Å²) in [7, 11) is 0.